The number of nitrogens with one attached hydrogen (secondary N) is 1. The molecule has 1 aromatic heterocycles. The zero-order chi connectivity index (χ0) is 14.2. The second-order valence-electron chi connectivity index (χ2n) is 5.16. The van der Waals surface area contributed by atoms with Crippen molar-refractivity contribution in [3.63, 3.8) is 0 Å². The molecule has 20 heavy (non-hydrogen) atoms. The molecule has 0 amide bonds. The molecule has 1 saturated heterocycles. The molecule has 6 heteroatoms. The minimum Gasteiger partial charge on any atom is -0.389 e. The highest BCUT2D eigenvalue weighted by molar-refractivity contribution is 7.09. The topological polar surface area (TPSA) is 54.0 Å². The first-order valence-corrected chi connectivity index (χ1v) is 7.91. The van der Waals surface area contributed by atoms with Crippen molar-refractivity contribution in [2.45, 2.75) is 18.8 Å². The van der Waals surface area contributed by atoms with Crippen LogP contribution in [0.2, 0.25) is 0 Å². The van der Waals surface area contributed by atoms with Crippen LogP contribution in [0.15, 0.2) is 17.5 Å². The van der Waals surface area contributed by atoms with E-state index in [2.05, 4.69) is 17.3 Å². The third-order valence-corrected chi connectivity index (χ3v) is 4.08. The van der Waals surface area contributed by atoms with E-state index in [1.165, 1.54) is 4.88 Å². The van der Waals surface area contributed by atoms with Crippen molar-refractivity contribution < 1.29 is 14.6 Å². The van der Waals surface area contributed by atoms with E-state index in [9.17, 15) is 5.11 Å². The summed E-state index contributed by atoms with van der Waals surface area (Å²) in [7, 11) is 2.10. The number of aliphatic hydroxyl groups excluding tert-OH is 1. The normalized spacial score (nSPS) is 22.0. The Morgan fingerprint density at radius 1 is 1.65 bits per heavy atom. The summed E-state index contributed by atoms with van der Waals surface area (Å²) in [6.07, 6.45) is -0.260. The Bertz CT molecular complexity index is 361. The van der Waals surface area contributed by atoms with E-state index in [-0.39, 0.29) is 6.10 Å². The number of hydrogen-bond acceptors (Lipinski definition) is 6. The maximum atomic E-state index is 9.82. The summed E-state index contributed by atoms with van der Waals surface area (Å²) in [6, 6.07) is 4.04. The average Bonchev–Trinajstić information content (AvgIpc) is 2.92. The Hall–Kier alpha value is -0.500. The van der Waals surface area contributed by atoms with Gasteiger partial charge < -0.3 is 24.8 Å². The maximum absolute atomic E-state index is 9.82. The van der Waals surface area contributed by atoms with Crippen LogP contribution in [-0.4, -0.2) is 68.7 Å². The summed E-state index contributed by atoms with van der Waals surface area (Å²) in [5.41, 5.74) is 0. The summed E-state index contributed by atoms with van der Waals surface area (Å²) in [5, 5.41) is 15.1. The summed E-state index contributed by atoms with van der Waals surface area (Å²) in [5.74, 6) is 0. The molecule has 2 heterocycles. The van der Waals surface area contributed by atoms with Gasteiger partial charge in [-0.1, -0.05) is 6.07 Å². The smallest absolute Gasteiger partial charge is 0.0897 e. The monoisotopic (exact) mass is 300 g/mol. The van der Waals surface area contributed by atoms with Gasteiger partial charge in [0.2, 0.25) is 0 Å². The second-order valence-corrected chi connectivity index (χ2v) is 6.19. The van der Waals surface area contributed by atoms with Gasteiger partial charge in [0.25, 0.3) is 0 Å². The maximum Gasteiger partial charge on any atom is 0.0897 e. The minimum atomic E-state index is -0.476. The van der Waals surface area contributed by atoms with Crippen molar-refractivity contribution in [1.82, 2.24) is 10.2 Å². The molecule has 114 valence electrons. The van der Waals surface area contributed by atoms with E-state index in [1.54, 1.807) is 11.3 Å². The van der Waals surface area contributed by atoms with Gasteiger partial charge in [-0.05, 0) is 18.5 Å². The highest BCUT2D eigenvalue weighted by Crippen LogP contribution is 2.09. The van der Waals surface area contributed by atoms with Crippen molar-refractivity contribution in [3.05, 3.63) is 22.4 Å². The molecule has 0 radical (unpaired) electrons. The highest BCUT2D eigenvalue weighted by Gasteiger charge is 2.17. The van der Waals surface area contributed by atoms with Gasteiger partial charge in [0.05, 0.1) is 32.0 Å². The molecule has 0 aliphatic carbocycles. The number of morpholine rings is 1. The van der Waals surface area contributed by atoms with Gasteiger partial charge >= 0.3 is 0 Å². The number of hydrogen-bond donors (Lipinski definition) is 2. The highest BCUT2D eigenvalue weighted by atomic mass is 32.1. The largest absolute Gasteiger partial charge is 0.389 e. The fourth-order valence-corrected chi connectivity index (χ4v) is 2.79. The molecular formula is C14H24N2O3S. The van der Waals surface area contributed by atoms with E-state index < -0.39 is 6.10 Å². The predicted octanol–water partition coefficient (Wildman–Crippen LogP) is 0.546. The summed E-state index contributed by atoms with van der Waals surface area (Å²) in [4.78, 5) is 3.44. The first-order valence-electron chi connectivity index (χ1n) is 7.03. The van der Waals surface area contributed by atoms with Crippen molar-refractivity contribution in [2.24, 2.45) is 0 Å². The first kappa shape index (κ1) is 15.9. The molecule has 1 aliphatic heterocycles. The van der Waals surface area contributed by atoms with E-state index in [0.29, 0.717) is 19.8 Å². The SMILES string of the molecule is CN1CCO[C@@H](CNC[C@@H](O)COCc2cccs2)C1. The van der Waals surface area contributed by atoms with Crippen LogP contribution in [0.1, 0.15) is 4.88 Å². The fourth-order valence-electron chi connectivity index (χ4n) is 2.15. The van der Waals surface area contributed by atoms with E-state index >= 15 is 0 Å². The molecule has 1 aromatic rings. The number of rotatable bonds is 8. The van der Waals surface area contributed by atoms with Crippen LogP contribution in [0.4, 0.5) is 0 Å². The van der Waals surface area contributed by atoms with Crippen LogP contribution in [0.3, 0.4) is 0 Å². The lowest BCUT2D eigenvalue weighted by molar-refractivity contribution is -0.0211. The number of likely N-dealkylation sites (N-methyl/N-ethyl adjacent to an activating group) is 1. The molecule has 0 spiro atoms. The molecular weight excluding hydrogens is 276 g/mol. The minimum absolute atomic E-state index is 0.216. The Morgan fingerprint density at radius 2 is 2.55 bits per heavy atom. The van der Waals surface area contributed by atoms with Crippen molar-refractivity contribution in [2.75, 3.05) is 46.4 Å². The van der Waals surface area contributed by atoms with Crippen LogP contribution in [-0.2, 0) is 16.1 Å². The third-order valence-electron chi connectivity index (χ3n) is 3.23. The van der Waals surface area contributed by atoms with Gasteiger partial charge in [-0.2, -0.15) is 0 Å². The Morgan fingerprint density at radius 3 is 3.30 bits per heavy atom. The number of thiophene rings is 1. The summed E-state index contributed by atoms with van der Waals surface area (Å²) in [6.45, 7) is 4.96. The standard InChI is InChI=1S/C14H24N2O3S/c1-16-4-5-19-13(9-16)8-15-7-12(17)10-18-11-14-3-2-6-20-14/h2-3,6,12-13,15,17H,4-5,7-11H2,1H3/t12-,13+/m1/s1. The fraction of sp³-hybridized carbons (Fsp3) is 0.714. The van der Waals surface area contributed by atoms with Crippen molar-refractivity contribution in [3.8, 4) is 0 Å². The van der Waals surface area contributed by atoms with Gasteiger partial charge in [-0.15, -0.1) is 11.3 Å². The molecule has 2 rings (SSSR count). The number of ether oxygens (including phenoxy) is 2. The average molecular weight is 300 g/mol. The Labute approximate surface area is 124 Å². The van der Waals surface area contributed by atoms with Crippen LogP contribution >= 0.6 is 11.3 Å². The van der Waals surface area contributed by atoms with Gasteiger partial charge in [0.15, 0.2) is 0 Å². The molecule has 0 saturated carbocycles. The molecule has 0 unspecified atom stereocenters. The lowest BCUT2D eigenvalue weighted by Crippen LogP contribution is -2.46. The Balaban J connectivity index is 1.50. The van der Waals surface area contributed by atoms with Crippen LogP contribution < -0.4 is 5.32 Å². The van der Waals surface area contributed by atoms with Crippen LogP contribution in [0.5, 0.6) is 0 Å². The molecule has 2 N–H and O–H groups in total. The molecule has 0 bridgehead atoms. The summed E-state index contributed by atoms with van der Waals surface area (Å²) >= 11 is 1.67. The zero-order valence-electron chi connectivity index (χ0n) is 12.0. The van der Waals surface area contributed by atoms with Crippen LogP contribution in [0, 0.1) is 0 Å². The van der Waals surface area contributed by atoms with Crippen LogP contribution in [0.25, 0.3) is 0 Å². The molecule has 5 nitrogen and oxygen atoms in total. The molecule has 0 aromatic carbocycles. The van der Waals surface area contributed by atoms with Gasteiger partial charge in [-0.25, -0.2) is 0 Å². The van der Waals surface area contributed by atoms with E-state index in [1.807, 2.05) is 17.5 Å². The van der Waals surface area contributed by atoms with E-state index in [0.717, 1.165) is 26.2 Å². The number of nitrogens with zero attached hydrogens (tertiary/aromatic N) is 1. The number of aliphatic hydroxyl groups is 1. The van der Waals surface area contributed by atoms with Crippen molar-refractivity contribution in [1.29, 1.82) is 0 Å². The molecule has 1 fully saturated rings. The lowest BCUT2D eigenvalue weighted by atomic mass is 10.2. The first-order chi connectivity index (χ1) is 9.74. The lowest BCUT2D eigenvalue weighted by Gasteiger charge is -2.30. The molecule has 1 aliphatic rings. The summed E-state index contributed by atoms with van der Waals surface area (Å²) < 4.78 is 11.1. The third kappa shape index (κ3) is 5.87. The van der Waals surface area contributed by atoms with Gasteiger partial charge in [0.1, 0.15) is 0 Å². The molecule has 2 atom stereocenters. The van der Waals surface area contributed by atoms with Gasteiger partial charge in [-0.3, -0.25) is 0 Å². The Kier molecular flexibility index (Phi) is 6.92. The van der Waals surface area contributed by atoms with Gasteiger partial charge in [0, 0.05) is 31.1 Å². The quantitative estimate of drug-likeness (QED) is 0.734. The second kappa shape index (κ2) is 8.71. The van der Waals surface area contributed by atoms with Crippen molar-refractivity contribution >= 4 is 11.3 Å². The predicted molar refractivity (Wildman–Crippen MR) is 80.1 cm³/mol. The van der Waals surface area contributed by atoms with E-state index in [4.69, 9.17) is 9.47 Å². The zero-order valence-corrected chi connectivity index (χ0v) is 12.8.